The maximum atomic E-state index is 11.3. The van der Waals surface area contributed by atoms with Gasteiger partial charge in [-0.1, -0.05) is 25.3 Å². The van der Waals surface area contributed by atoms with E-state index in [4.69, 9.17) is 5.11 Å². The Morgan fingerprint density at radius 3 is 1.77 bits per heavy atom. The van der Waals surface area contributed by atoms with E-state index in [-0.39, 0.29) is 11.1 Å². The lowest BCUT2D eigenvalue weighted by Crippen LogP contribution is -2.32. The number of aliphatic hydroxyl groups is 1. The molecule has 0 atom stereocenters. The van der Waals surface area contributed by atoms with Crippen LogP contribution in [0.2, 0.25) is 0 Å². The van der Waals surface area contributed by atoms with Gasteiger partial charge in [-0.3, -0.25) is 14.5 Å². The van der Waals surface area contributed by atoms with E-state index in [2.05, 4.69) is 13.2 Å². The van der Waals surface area contributed by atoms with Crippen LogP contribution < -0.4 is 0 Å². The summed E-state index contributed by atoms with van der Waals surface area (Å²) in [7, 11) is 0. The van der Waals surface area contributed by atoms with Crippen LogP contribution in [0.25, 0.3) is 0 Å². The second-order valence-electron chi connectivity index (χ2n) is 2.42. The normalized spacial score (nSPS) is 16.8. The molecule has 0 spiro atoms. The molecule has 2 amide bonds. The highest BCUT2D eigenvalue weighted by atomic mass is 16.3. The molecule has 0 saturated carbocycles. The van der Waals surface area contributed by atoms with Gasteiger partial charge in [-0.25, -0.2) is 0 Å². The molecule has 1 aliphatic rings. The minimum atomic E-state index is -0.619. The molecule has 0 bridgehead atoms. The highest BCUT2D eigenvalue weighted by Crippen LogP contribution is 2.21. The molecule has 1 aliphatic heterocycles. The molecular weight excluding hydrogens is 170 g/mol. The summed E-state index contributed by atoms with van der Waals surface area (Å²) < 4.78 is 0. The molecule has 1 rings (SSSR count). The Morgan fingerprint density at radius 1 is 1.15 bits per heavy atom. The number of rotatable bonds is 3. The van der Waals surface area contributed by atoms with Gasteiger partial charge in [0.1, 0.15) is 6.73 Å². The third-order valence-electron chi connectivity index (χ3n) is 1.79. The van der Waals surface area contributed by atoms with Crippen LogP contribution in [0.5, 0.6) is 0 Å². The highest BCUT2D eigenvalue weighted by molar-refractivity contribution is 6.21. The van der Waals surface area contributed by atoms with E-state index in [1.807, 2.05) is 0 Å². The lowest BCUT2D eigenvalue weighted by atomic mass is 10.1. The Bertz CT molecular complexity index is 298. The van der Waals surface area contributed by atoms with Gasteiger partial charge in [-0.15, -0.1) is 0 Å². The van der Waals surface area contributed by atoms with Crippen LogP contribution in [0, 0.1) is 0 Å². The van der Waals surface area contributed by atoms with Crippen molar-refractivity contribution >= 4 is 11.8 Å². The minimum Gasteiger partial charge on any atom is -0.376 e. The van der Waals surface area contributed by atoms with Crippen LogP contribution in [0.4, 0.5) is 0 Å². The molecular formula is C9H9NO3. The fourth-order valence-corrected chi connectivity index (χ4v) is 1.14. The summed E-state index contributed by atoms with van der Waals surface area (Å²) in [6, 6.07) is 0. The Kier molecular flexibility index (Phi) is 2.44. The monoisotopic (exact) mass is 179 g/mol. The van der Waals surface area contributed by atoms with Gasteiger partial charge in [0.05, 0.1) is 11.1 Å². The van der Waals surface area contributed by atoms with Crippen LogP contribution in [0.3, 0.4) is 0 Å². The highest BCUT2D eigenvalue weighted by Gasteiger charge is 2.34. The lowest BCUT2D eigenvalue weighted by molar-refractivity contribution is -0.141. The maximum Gasteiger partial charge on any atom is 0.263 e. The van der Waals surface area contributed by atoms with E-state index in [0.29, 0.717) is 0 Å². The largest absolute Gasteiger partial charge is 0.376 e. The summed E-state index contributed by atoms with van der Waals surface area (Å²) in [5.74, 6) is -1.06. The molecule has 13 heavy (non-hydrogen) atoms. The van der Waals surface area contributed by atoms with E-state index in [9.17, 15) is 9.59 Å². The lowest BCUT2D eigenvalue weighted by Gasteiger charge is -2.09. The summed E-state index contributed by atoms with van der Waals surface area (Å²) in [5.41, 5.74) is 0.378. The topological polar surface area (TPSA) is 57.6 Å². The molecule has 0 unspecified atom stereocenters. The van der Waals surface area contributed by atoms with E-state index < -0.39 is 18.5 Å². The number of hydrogen-bond acceptors (Lipinski definition) is 3. The maximum absolute atomic E-state index is 11.3. The molecule has 0 aromatic carbocycles. The molecule has 4 heteroatoms. The molecule has 0 aliphatic carbocycles. The molecule has 0 aromatic rings. The average molecular weight is 179 g/mol. The van der Waals surface area contributed by atoms with E-state index in [0.717, 1.165) is 4.90 Å². The van der Waals surface area contributed by atoms with Crippen LogP contribution in [-0.2, 0) is 9.59 Å². The molecule has 1 N–H and O–H groups in total. The fraction of sp³-hybridized carbons (Fsp3) is 0.111. The van der Waals surface area contributed by atoms with Gasteiger partial charge < -0.3 is 5.11 Å². The Hall–Kier alpha value is -1.68. The Labute approximate surface area is 75.5 Å². The standard InChI is InChI=1S/C9H9NO3/c1-3-6-7(4-2)9(13)10(5-11)8(6)12/h3-4,11H,1-2,5H2. The van der Waals surface area contributed by atoms with Gasteiger partial charge in [0, 0.05) is 0 Å². The Morgan fingerprint density at radius 2 is 1.54 bits per heavy atom. The van der Waals surface area contributed by atoms with Crippen molar-refractivity contribution < 1.29 is 14.7 Å². The summed E-state index contributed by atoms with van der Waals surface area (Å²) >= 11 is 0. The molecule has 0 radical (unpaired) electrons. The van der Waals surface area contributed by atoms with Gasteiger partial charge in [-0.2, -0.15) is 0 Å². The van der Waals surface area contributed by atoms with Gasteiger partial charge in [-0.05, 0) is 0 Å². The quantitative estimate of drug-likeness (QED) is 0.619. The van der Waals surface area contributed by atoms with Gasteiger partial charge >= 0.3 is 0 Å². The average Bonchev–Trinajstić information content (AvgIpc) is 2.36. The molecule has 0 saturated heterocycles. The molecule has 0 aromatic heterocycles. The zero-order valence-electron chi connectivity index (χ0n) is 6.99. The Balaban J connectivity index is 3.20. The van der Waals surface area contributed by atoms with Crippen LogP contribution in [0.15, 0.2) is 36.5 Å². The van der Waals surface area contributed by atoms with Crippen molar-refractivity contribution in [3.63, 3.8) is 0 Å². The van der Waals surface area contributed by atoms with Crippen molar-refractivity contribution in [1.82, 2.24) is 4.90 Å². The van der Waals surface area contributed by atoms with Crippen LogP contribution >= 0.6 is 0 Å². The van der Waals surface area contributed by atoms with Gasteiger partial charge in [0.15, 0.2) is 0 Å². The second-order valence-corrected chi connectivity index (χ2v) is 2.42. The van der Waals surface area contributed by atoms with Crippen molar-refractivity contribution in [2.75, 3.05) is 6.73 Å². The summed E-state index contributed by atoms with van der Waals surface area (Å²) in [5, 5.41) is 8.72. The number of imide groups is 1. The first-order valence-corrected chi connectivity index (χ1v) is 3.63. The van der Waals surface area contributed by atoms with E-state index in [1.165, 1.54) is 12.2 Å². The fourth-order valence-electron chi connectivity index (χ4n) is 1.14. The van der Waals surface area contributed by atoms with E-state index >= 15 is 0 Å². The third-order valence-corrected chi connectivity index (χ3v) is 1.79. The number of carbonyl (C=O) groups excluding carboxylic acids is 2. The number of nitrogens with zero attached hydrogens (tertiary/aromatic N) is 1. The van der Waals surface area contributed by atoms with Crippen molar-refractivity contribution in [3.8, 4) is 0 Å². The SMILES string of the molecule is C=CC1=C(C=C)C(=O)N(CO)C1=O. The summed E-state index contributed by atoms with van der Waals surface area (Å²) in [4.78, 5) is 23.4. The van der Waals surface area contributed by atoms with Crippen LogP contribution in [-0.4, -0.2) is 28.6 Å². The zero-order chi connectivity index (χ0) is 10.0. The number of aliphatic hydroxyl groups excluding tert-OH is 1. The minimum absolute atomic E-state index is 0.189. The summed E-state index contributed by atoms with van der Waals surface area (Å²) in [6.07, 6.45) is 2.57. The first-order valence-electron chi connectivity index (χ1n) is 3.63. The second kappa shape index (κ2) is 3.37. The van der Waals surface area contributed by atoms with Crippen molar-refractivity contribution in [3.05, 3.63) is 36.5 Å². The number of hydrogen-bond donors (Lipinski definition) is 1. The zero-order valence-corrected chi connectivity index (χ0v) is 6.99. The molecule has 4 nitrogen and oxygen atoms in total. The van der Waals surface area contributed by atoms with Gasteiger partial charge in [0.2, 0.25) is 0 Å². The molecule has 68 valence electrons. The van der Waals surface area contributed by atoms with Gasteiger partial charge in [0.25, 0.3) is 11.8 Å². The molecule has 1 heterocycles. The van der Waals surface area contributed by atoms with E-state index in [1.54, 1.807) is 0 Å². The number of amides is 2. The first kappa shape index (κ1) is 9.41. The van der Waals surface area contributed by atoms with Crippen molar-refractivity contribution in [2.24, 2.45) is 0 Å². The van der Waals surface area contributed by atoms with Crippen molar-refractivity contribution in [1.29, 1.82) is 0 Å². The molecule has 0 fully saturated rings. The number of carbonyl (C=O) groups is 2. The summed E-state index contributed by atoms with van der Waals surface area (Å²) in [6.45, 7) is 6.20. The third kappa shape index (κ3) is 1.21. The first-order chi connectivity index (χ1) is 6.17. The predicted molar refractivity (Wildman–Crippen MR) is 46.4 cm³/mol. The van der Waals surface area contributed by atoms with Crippen molar-refractivity contribution in [2.45, 2.75) is 0 Å². The smallest absolute Gasteiger partial charge is 0.263 e. The predicted octanol–water partition coefficient (Wildman–Crippen LogP) is -0.0264. The van der Waals surface area contributed by atoms with Crippen LogP contribution in [0.1, 0.15) is 0 Å².